The number of aliphatic carboxylic acids is 1. The molecule has 1 saturated carbocycles. The van der Waals surface area contributed by atoms with E-state index < -0.39 is 47.8 Å². The molecule has 2 aromatic carbocycles. The van der Waals surface area contributed by atoms with Crippen molar-refractivity contribution in [3.8, 4) is 11.1 Å². The quantitative estimate of drug-likeness (QED) is 0.555. The van der Waals surface area contributed by atoms with Gasteiger partial charge in [-0.15, -0.1) is 0 Å². The molecule has 3 N–H and O–H groups in total. The van der Waals surface area contributed by atoms with Crippen LogP contribution in [0.3, 0.4) is 0 Å². The van der Waals surface area contributed by atoms with Crippen LogP contribution in [0.5, 0.6) is 0 Å². The minimum absolute atomic E-state index is 0.0486. The molecule has 2 amide bonds. The number of halogens is 2. The third kappa shape index (κ3) is 4.01. The zero-order valence-corrected chi connectivity index (χ0v) is 18.6. The molecule has 10 heteroatoms. The highest BCUT2D eigenvalue weighted by molar-refractivity contribution is 5.90. The molecule has 8 nitrogen and oxygen atoms in total. The van der Waals surface area contributed by atoms with Crippen LogP contribution in [0.1, 0.15) is 23.5 Å². The Morgan fingerprint density at radius 3 is 2.23 bits per heavy atom. The molecule has 3 aliphatic rings. The smallest absolute Gasteiger partial charge is 0.408 e. The first-order valence-corrected chi connectivity index (χ1v) is 11.3. The van der Waals surface area contributed by atoms with E-state index in [1.807, 2.05) is 48.5 Å². The Morgan fingerprint density at radius 1 is 1.06 bits per heavy atom. The standard InChI is InChI=1S/C25H24F2N2O6/c26-25(27)19(20(25)21(30)31)11-28-22(32)24(9-10-34-13-24)29-23(33)35-12-18-16-7-3-1-5-14(16)15-6-2-4-8-17(15)18/h1-8,18-20H,9-13H2,(H,28,32)(H,29,33)(H,30,31)/t19-,20-,24?/m0/s1. The van der Waals surface area contributed by atoms with E-state index in [1.165, 1.54) is 0 Å². The van der Waals surface area contributed by atoms with E-state index in [9.17, 15) is 23.2 Å². The van der Waals surface area contributed by atoms with Crippen LogP contribution in [0.15, 0.2) is 48.5 Å². The predicted molar refractivity (Wildman–Crippen MR) is 119 cm³/mol. The fourth-order valence-corrected chi connectivity index (χ4v) is 5.08. The van der Waals surface area contributed by atoms with Gasteiger partial charge in [0, 0.05) is 25.5 Å². The minimum Gasteiger partial charge on any atom is -0.481 e. The Labute approximate surface area is 199 Å². The molecule has 1 aliphatic heterocycles. The van der Waals surface area contributed by atoms with Gasteiger partial charge in [-0.2, -0.15) is 0 Å². The maximum atomic E-state index is 13.7. The number of carboxylic acid groups (broad SMARTS) is 1. The van der Waals surface area contributed by atoms with Crippen LogP contribution < -0.4 is 10.6 Å². The second-order valence-electron chi connectivity index (χ2n) is 9.14. The number of nitrogens with one attached hydrogen (secondary N) is 2. The van der Waals surface area contributed by atoms with E-state index in [0.717, 1.165) is 22.3 Å². The van der Waals surface area contributed by atoms with E-state index in [0.29, 0.717) is 0 Å². The van der Waals surface area contributed by atoms with Crippen molar-refractivity contribution in [2.24, 2.45) is 11.8 Å². The van der Waals surface area contributed by atoms with Crippen molar-refractivity contribution in [2.45, 2.75) is 23.8 Å². The van der Waals surface area contributed by atoms with Gasteiger partial charge in [0.15, 0.2) is 0 Å². The molecule has 0 spiro atoms. The van der Waals surface area contributed by atoms with Gasteiger partial charge in [0.25, 0.3) is 5.92 Å². The molecule has 35 heavy (non-hydrogen) atoms. The average molecular weight is 486 g/mol. The molecule has 2 aliphatic carbocycles. The molecule has 1 saturated heterocycles. The summed E-state index contributed by atoms with van der Waals surface area (Å²) in [6.07, 6.45) is -0.695. The van der Waals surface area contributed by atoms with Crippen molar-refractivity contribution in [3.63, 3.8) is 0 Å². The average Bonchev–Trinajstić information content (AvgIpc) is 3.13. The van der Waals surface area contributed by atoms with E-state index in [-0.39, 0.29) is 32.2 Å². The Balaban J connectivity index is 1.22. The number of carboxylic acids is 1. The fourth-order valence-electron chi connectivity index (χ4n) is 5.08. The molecule has 0 aromatic heterocycles. The predicted octanol–water partition coefficient (Wildman–Crippen LogP) is 2.77. The molecule has 0 bridgehead atoms. The van der Waals surface area contributed by atoms with Crippen LogP contribution in [-0.4, -0.2) is 60.9 Å². The summed E-state index contributed by atoms with van der Waals surface area (Å²) in [6, 6.07) is 15.7. The third-order valence-corrected chi connectivity index (χ3v) is 7.09. The van der Waals surface area contributed by atoms with Gasteiger partial charge in [0.05, 0.1) is 12.5 Å². The molecule has 1 unspecified atom stereocenters. The highest BCUT2D eigenvalue weighted by Crippen LogP contribution is 2.55. The summed E-state index contributed by atoms with van der Waals surface area (Å²) < 4.78 is 38.1. The Bertz CT molecular complexity index is 1130. The van der Waals surface area contributed by atoms with Crippen molar-refractivity contribution in [3.05, 3.63) is 59.7 Å². The van der Waals surface area contributed by atoms with Gasteiger partial charge >= 0.3 is 12.1 Å². The van der Waals surface area contributed by atoms with Crippen molar-refractivity contribution in [1.29, 1.82) is 0 Å². The van der Waals surface area contributed by atoms with Crippen molar-refractivity contribution >= 4 is 18.0 Å². The molecule has 3 atom stereocenters. The van der Waals surface area contributed by atoms with E-state index >= 15 is 0 Å². The zero-order valence-electron chi connectivity index (χ0n) is 18.6. The number of hydrogen-bond acceptors (Lipinski definition) is 5. The first-order chi connectivity index (χ1) is 16.7. The number of carbonyl (C=O) groups excluding carboxylic acids is 2. The van der Waals surface area contributed by atoms with Crippen molar-refractivity contribution < 1.29 is 37.7 Å². The van der Waals surface area contributed by atoms with E-state index in [1.54, 1.807) is 0 Å². The number of fused-ring (bicyclic) bond motifs is 3. The fraction of sp³-hybridized carbons (Fsp3) is 0.400. The molecule has 0 radical (unpaired) electrons. The number of hydrogen-bond donors (Lipinski definition) is 3. The highest BCUT2D eigenvalue weighted by Gasteiger charge is 2.72. The molecule has 5 rings (SSSR count). The summed E-state index contributed by atoms with van der Waals surface area (Å²) in [7, 11) is 0. The lowest BCUT2D eigenvalue weighted by Crippen LogP contribution is -2.60. The van der Waals surface area contributed by atoms with E-state index in [4.69, 9.17) is 14.6 Å². The molecule has 2 aromatic rings. The Hall–Kier alpha value is -3.53. The van der Waals surface area contributed by atoms with Crippen LogP contribution in [0.2, 0.25) is 0 Å². The Morgan fingerprint density at radius 2 is 1.69 bits per heavy atom. The topological polar surface area (TPSA) is 114 Å². The summed E-state index contributed by atoms with van der Waals surface area (Å²) in [4.78, 5) is 36.5. The van der Waals surface area contributed by atoms with Crippen LogP contribution in [0, 0.1) is 11.8 Å². The van der Waals surface area contributed by atoms with Gasteiger partial charge in [-0.3, -0.25) is 9.59 Å². The van der Waals surface area contributed by atoms with Gasteiger partial charge in [0.1, 0.15) is 18.1 Å². The summed E-state index contributed by atoms with van der Waals surface area (Å²) in [6.45, 7) is -0.426. The van der Waals surface area contributed by atoms with Crippen LogP contribution >= 0.6 is 0 Å². The van der Waals surface area contributed by atoms with Crippen LogP contribution in [0.25, 0.3) is 11.1 Å². The SMILES string of the molecule is O=C(NC1(C(=O)NC[C@H]2[C@@H](C(=O)O)C2(F)F)CCOC1)OCC1c2ccccc2-c2ccccc21. The highest BCUT2D eigenvalue weighted by atomic mass is 19.3. The van der Waals surface area contributed by atoms with Crippen molar-refractivity contribution in [2.75, 3.05) is 26.4 Å². The summed E-state index contributed by atoms with van der Waals surface area (Å²) in [5.41, 5.74) is 2.75. The van der Waals surface area contributed by atoms with Crippen LogP contribution in [-0.2, 0) is 19.1 Å². The lowest BCUT2D eigenvalue weighted by atomic mass is 9.97. The first kappa shape index (κ1) is 23.2. The van der Waals surface area contributed by atoms with Crippen molar-refractivity contribution in [1.82, 2.24) is 10.6 Å². The van der Waals surface area contributed by atoms with Gasteiger partial charge in [-0.05, 0) is 22.3 Å². The number of ether oxygens (including phenoxy) is 2. The summed E-state index contributed by atoms with van der Waals surface area (Å²) in [5, 5.41) is 13.8. The number of rotatable bonds is 7. The van der Waals surface area contributed by atoms with Gasteiger partial charge < -0.3 is 25.2 Å². The summed E-state index contributed by atoms with van der Waals surface area (Å²) >= 11 is 0. The largest absolute Gasteiger partial charge is 0.481 e. The first-order valence-electron chi connectivity index (χ1n) is 11.3. The monoisotopic (exact) mass is 486 g/mol. The molecule has 1 heterocycles. The number of alkyl carbamates (subject to hydrolysis) is 1. The lowest BCUT2D eigenvalue weighted by Gasteiger charge is -2.27. The molecular weight excluding hydrogens is 462 g/mol. The molecular formula is C25H24F2N2O6. The van der Waals surface area contributed by atoms with Crippen LogP contribution in [0.4, 0.5) is 13.6 Å². The number of amides is 2. The normalized spacial score (nSPS) is 25.9. The van der Waals surface area contributed by atoms with Gasteiger partial charge in [0.2, 0.25) is 5.91 Å². The number of benzene rings is 2. The molecule has 184 valence electrons. The van der Waals surface area contributed by atoms with Gasteiger partial charge in [-0.25, -0.2) is 13.6 Å². The third-order valence-electron chi connectivity index (χ3n) is 7.09. The number of alkyl halides is 2. The second-order valence-corrected chi connectivity index (χ2v) is 9.14. The van der Waals surface area contributed by atoms with Gasteiger partial charge in [-0.1, -0.05) is 48.5 Å². The maximum absolute atomic E-state index is 13.7. The lowest BCUT2D eigenvalue weighted by molar-refractivity contribution is -0.141. The maximum Gasteiger partial charge on any atom is 0.408 e. The number of carbonyl (C=O) groups is 3. The molecule has 2 fully saturated rings. The zero-order chi connectivity index (χ0) is 24.8. The summed E-state index contributed by atoms with van der Waals surface area (Å²) in [5.74, 6) is -9.17. The minimum atomic E-state index is -3.38. The second kappa shape index (κ2) is 8.60. The Kier molecular flexibility index (Phi) is 5.71. The van der Waals surface area contributed by atoms with E-state index in [2.05, 4.69) is 10.6 Å².